The average Bonchev–Trinajstić information content (AvgIpc) is 3.07. The van der Waals surface area contributed by atoms with Gasteiger partial charge in [-0.15, -0.1) is 0 Å². The van der Waals surface area contributed by atoms with Crippen molar-refractivity contribution in [2.75, 3.05) is 0 Å². The molecule has 0 fully saturated rings. The van der Waals surface area contributed by atoms with Crippen molar-refractivity contribution >= 4 is 5.43 Å². The van der Waals surface area contributed by atoms with E-state index in [2.05, 4.69) is 96.7 Å². The van der Waals surface area contributed by atoms with Gasteiger partial charge in [0.1, 0.15) is 0 Å². The molecule has 0 nitrogen and oxygen atoms in total. The van der Waals surface area contributed by atoms with E-state index < -0.39 is 20.4 Å². The van der Waals surface area contributed by atoms with Crippen molar-refractivity contribution in [3.05, 3.63) is 48.6 Å². The second-order valence-electron chi connectivity index (χ2n) is 9.96. The summed E-state index contributed by atoms with van der Waals surface area (Å²) in [4.78, 5) is 0. The topological polar surface area (TPSA) is 0 Å². The van der Waals surface area contributed by atoms with Gasteiger partial charge in [-0.2, -0.15) is 0 Å². The van der Waals surface area contributed by atoms with Crippen LogP contribution in [0.5, 0.6) is 0 Å². The van der Waals surface area contributed by atoms with Gasteiger partial charge < -0.3 is 1.43 Å². The van der Waals surface area contributed by atoms with Crippen LogP contribution >= 0.6 is 0 Å². The molecule has 0 aromatic heterocycles. The van der Waals surface area contributed by atoms with Crippen molar-refractivity contribution < 1.29 is 21.8 Å². The molecule has 0 unspecified atom stereocenters. The van der Waals surface area contributed by atoms with Crippen LogP contribution in [-0.4, -0.2) is 5.43 Å². The quantitative estimate of drug-likeness (QED) is 0.406. The molecular weight excluding hydrogens is 384 g/mol. The fourth-order valence-electron chi connectivity index (χ4n) is 4.12. The molecule has 0 amide bonds. The second-order valence-corrected chi connectivity index (χ2v) is 26.9. The SMILES string of the molecule is C[Si](C(CC(C)(C)C)CC(C)(C)C)=[Zr+]([CH]1C=CC=C1)[CH]1C=CC=C1.[H-]. The molecule has 2 heteroatoms. The Balaban J connectivity index is 0.00000312. The van der Waals surface area contributed by atoms with Gasteiger partial charge in [0, 0.05) is 0 Å². The van der Waals surface area contributed by atoms with Crippen molar-refractivity contribution in [1.29, 1.82) is 0 Å². The minimum Gasteiger partial charge on any atom is -1.00 e. The fourth-order valence-corrected chi connectivity index (χ4v) is 26.7. The Morgan fingerprint density at radius 3 is 1.42 bits per heavy atom. The first-order valence-corrected chi connectivity index (χ1v) is 18.1. The maximum Gasteiger partial charge on any atom is -1.00 e. The van der Waals surface area contributed by atoms with Gasteiger partial charge in [-0.25, -0.2) is 0 Å². The van der Waals surface area contributed by atoms with Crippen LogP contribution in [0.4, 0.5) is 0 Å². The fraction of sp³-hybridized carbons (Fsp3) is 0.636. The van der Waals surface area contributed by atoms with Crippen molar-refractivity contribution in [2.45, 2.75) is 73.7 Å². The molecule has 0 saturated heterocycles. The van der Waals surface area contributed by atoms with Gasteiger partial charge in [-0.05, 0) is 0 Å². The zero-order valence-electron chi connectivity index (χ0n) is 17.8. The summed E-state index contributed by atoms with van der Waals surface area (Å²) < 4.78 is 1.65. The van der Waals surface area contributed by atoms with E-state index in [9.17, 15) is 0 Å². The Morgan fingerprint density at radius 1 is 0.792 bits per heavy atom. The summed E-state index contributed by atoms with van der Waals surface area (Å²) in [5.41, 5.74) is 1.53. The Labute approximate surface area is 159 Å². The zero-order chi connectivity index (χ0) is 18.0. The molecule has 0 aromatic carbocycles. The average molecular weight is 421 g/mol. The monoisotopic (exact) mass is 419 g/mol. The molecule has 0 N–H and O–H groups in total. The Hall–Kier alpha value is 0.0600. The minimum atomic E-state index is -1.62. The van der Waals surface area contributed by atoms with Crippen molar-refractivity contribution in [3.8, 4) is 0 Å². The molecule has 2 rings (SSSR count). The van der Waals surface area contributed by atoms with E-state index in [0.717, 1.165) is 12.8 Å². The first-order valence-electron chi connectivity index (χ1n) is 9.47. The molecule has 0 aliphatic heterocycles. The smallest absolute Gasteiger partial charge is 1.00 e. The first-order chi connectivity index (χ1) is 11.1. The third kappa shape index (κ3) is 6.10. The van der Waals surface area contributed by atoms with Gasteiger partial charge in [0.2, 0.25) is 0 Å². The number of hydrogen-bond acceptors (Lipinski definition) is 0. The molecule has 0 aromatic rings. The van der Waals surface area contributed by atoms with E-state index in [0.29, 0.717) is 10.8 Å². The maximum absolute atomic E-state index is 2.71. The van der Waals surface area contributed by atoms with Gasteiger partial charge in [-0.3, -0.25) is 0 Å². The summed E-state index contributed by atoms with van der Waals surface area (Å²) in [6.07, 6.45) is 22.1. The van der Waals surface area contributed by atoms with E-state index in [-0.39, 0.29) is 6.86 Å². The summed E-state index contributed by atoms with van der Waals surface area (Å²) in [5.74, 6) is 0. The van der Waals surface area contributed by atoms with E-state index in [4.69, 9.17) is 0 Å². The van der Waals surface area contributed by atoms with Crippen LogP contribution in [0.25, 0.3) is 0 Å². The van der Waals surface area contributed by atoms with E-state index >= 15 is 0 Å². The summed E-state index contributed by atoms with van der Waals surface area (Å²) in [6, 6.07) is 0. The normalized spacial score (nSPS) is 18.3. The molecular formula is C22H37SiZr. The molecule has 2 aliphatic carbocycles. The van der Waals surface area contributed by atoms with Crippen LogP contribution in [0.2, 0.25) is 19.3 Å². The minimum absolute atomic E-state index is 0. The van der Waals surface area contributed by atoms with Crippen LogP contribution < -0.4 is 0 Å². The van der Waals surface area contributed by atoms with Gasteiger partial charge in [-0.1, -0.05) is 0 Å². The van der Waals surface area contributed by atoms with Crippen molar-refractivity contribution in [3.63, 3.8) is 0 Å². The molecule has 0 saturated carbocycles. The summed E-state index contributed by atoms with van der Waals surface area (Å²) in [5, 5.41) is 0. The third-order valence-electron chi connectivity index (χ3n) is 5.00. The molecule has 24 heavy (non-hydrogen) atoms. The number of rotatable bonds is 5. The van der Waals surface area contributed by atoms with Gasteiger partial charge in [0.15, 0.2) is 0 Å². The van der Waals surface area contributed by atoms with Crippen LogP contribution in [0, 0.1) is 10.8 Å². The standard InChI is InChI=1S/C12H26Si.2C5H5.Zr.H/c1-11(2,3)8-10(13-7)9-12(4,5)6;2*1-2-4-5-3-1;;/h10H,8-9H2,1-7H3;2*1-5H;;/q;;;+1;-1. The van der Waals surface area contributed by atoms with E-state index in [1.807, 2.05) is 0 Å². The molecule has 0 radical (unpaired) electrons. The number of allylic oxidation sites excluding steroid dienone is 8. The summed E-state index contributed by atoms with van der Waals surface area (Å²) >= 11 is -1.62. The Morgan fingerprint density at radius 2 is 1.12 bits per heavy atom. The molecule has 0 spiro atoms. The van der Waals surface area contributed by atoms with Gasteiger partial charge in [0.05, 0.1) is 0 Å². The summed E-state index contributed by atoms with van der Waals surface area (Å²) in [7, 11) is 0. The van der Waals surface area contributed by atoms with Crippen LogP contribution in [-0.2, 0) is 20.4 Å². The van der Waals surface area contributed by atoms with Crippen LogP contribution in [0.1, 0.15) is 55.8 Å². The van der Waals surface area contributed by atoms with Crippen molar-refractivity contribution in [2.24, 2.45) is 10.8 Å². The molecule has 0 heterocycles. The second kappa shape index (κ2) is 8.17. The largest absolute Gasteiger partial charge is 1.00 e. The maximum atomic E-state index is 2.71. The Kier molecular flexibility index (Phi) is 6.94. The van der Waals surface area contributed by atoms with Crippen LogP contribution in [0.15, 0.2) is 48.6 Å². The molecule has 2 aliphatic rings. The van der Waals surface area contributed by atoms with E-state index in [1.54, 1.807) is 0 Å². The zero-order valence-corrected chi connectivity index (χ0v) is 20.2. The van der Waals surface area contributed by atoms with Gasteiger partial charge >= 0.3 is 159 Å². The third-order valence-corrected chi connectivity index (χ3v) is 26.6. The van der Waals surface area contributed by atoms with Crippen LogP contribution in [0.3, 0.4) is 0 Å². The predicted molar refractivity (Wildman–Crippen MR) is 109 cm³/mol. The molecule has 0 atom stereocenters. The first kappa shape index (κ1) is 20.4. The molecule has 0 bridgehead atoms. The van der Waals surface area contributed by atoms with Crippen molar-refractivity contribution in [1.82, 2.24) is 0 Å². The Bertz CT molecular complexity index is 526. The summed E-state index contributed by atoms with van der Waals surface area (Å²) in [6.45, 7) is 17.3. The molecule has 133 valence electrons. The van der Waals surface area contributed by atoms with Gasteiger partial charge in [0.25, 0.3) is 0 Å². The van der Waals surface area contributed by atoms with E-state index in [1.165, 1.54) is 12.8 Å². The predicted octanol–water partition coefficient (Wildman–Crippen LogP) is 7.41. The number of hydrogen-bond donors (Lipinski definition) is 0.